The van der Waals surface area contributed by atoms with Gasteiger partial charge >= 0.3 is 72.8 Å². The molecule has 0 bridgehead atoms. The predicted octanol–water partition coefficient (Wildman–Crippen LogP) is 2.57. The van der Waals surface area contributed by atoms with Crippen molar-refractivity contribution < 1.29 is 23.2 Å². The van der Waals surface area contributed by atoms with Crippen LogP contribution in [0.4, 0.5) is 0 Å². The number of hydrogen-bond acceptors (Lipinski definition) is 0. The third-order valence-corrected chi connectivity index (χ3v) is 5.44. The molecule has 0 N–H and O–H groups in total. The van der Waals surface area contributed by atoms with Crippen LogP contribution < -0.4 is 0 Å². The topological polar surface area (TPSA) is 0 Å². The summed E-state index contributed by atoms with van der Waals surface area (Å²) in [5.74, 6) is 0.865. The van der Waals surface area contributed by atoms with E-state index in [-0.39, 0.29) is 23.2 Å². The number of rotatable bonds is 3. The molecule has 0 spiro atoms. The van der Waals surface area contributed by atoms with Crippen LogP contribution >= 0.6 is 11.6 Å². The van der Waals surface area contributed by atoms with Crippen molar-refractivity contribution in [3.8, 4) is 0 Å². The molecule has 0 fully saturated rings. The van der Waals surface area contributed by atoms with Gasteiger partial charge < -0.3 is 0 Å². The molecule has 0 amide bonds. The molecule has 0 aromatic rings. The molecule has 0 aromatic carbocycles. The Labute approximate surface area is 72.5 Å². The summed E-state index contributed by atoms with van der Waals surface area (Å²) in [6, 6.07) is 0. The first-order chi connectivity index (χ1) is 4.43. The minimum absolute atomic E-state index is 0.197. The maximum atomic E-state index is 5.57. The molecular formula is C7H9ClZr. The molecule has 0 aliphatic heterocycles. The molecule has 0 unspecified atom stereocenters. The van der Waals surface area contributed by atoms with Crippen molar-refractivity contribution in [1.29, 1.82) is 0 Å². The van der Waals surface area contributed by atoms with Crippen LogP contribution in [0.25, 0.3) is 0 Å². The Morgan fingerprint density at radius 3 is 3.11 bits per heavy atom. The second kappa shape index (κ2) is 4.47. The molecule has 0 nitrogen and oxygen atoms in total. The average molecular weight is 220 g/mol. The maximum absolute atomic E-state index is 5.57. The van der Waals surface area contributed by atoms with E-state index in [0.29, 0.717) is 0 Å². The van der Waals surface area contributed by atoms with E-state index < -0.39 is 0 Å². The SMILES string of the molecule is ClC[CH2][Zr][C]1=CC=CC1. The summed E-state index contributed by atoms with van der Waals surface area (Å²) in [6.07, 6.45) is 7.87. The molecule has 1 rings (SSSR count). The van der Waals surface area contributed by atoms with Crippen LogP contribution in [0.2, 0.25) is 4.13 Å². The molecule has 0 saturated carbocycles. The Hall–Kier alpha value is 0.653. The molecule has 1 aliphatic rings. The van der Waals surface area contributed by atoms with Gasteiger partial charge in [-0.1, -0.05) is 0 Å². The van der Waals surface area contributed by atoms with Gasteiger partial charge in [-0.3, -0.25) is 0 Å². The minimum atomic E-state index is -0.197. The van der Waals surface area contributed by atoms with Gasteiger partial charge in [0.1, 0.15) is 0 Å². The Balaban J connectivity index is 2.14. The molecule has 48 valence electrons. The fraction of sp³-hybridized carbons (Fsp3) is 0.429. The summed E-state index contributed by atoms with van der Waals surface area (Å²) >= 11 is 5.38. The van der Waals surface area contributed by atoms with Crippen molar-refractivity contribution in [2.24, 2.45) is 0 Å². The van der Waals surface area contributed by atoms with Crippen molar-refractivity contribution in [1.82, 2.24) is 0 Å². The van der Waals surface area contributed by atoms with Gasteiger partial charge in [-0.05, 0) is 0 Å². The van der Waals surface area contributed by atoms with Crippen LogP contribution in [-0.4, -0.2) is 5.88 Å². The van der Waals surface area contributed by atoms with Gasteiger partial charge in [-0.2, -0.15) is 0 Å². The molecule has 0 radical (unpaired) electrons. The van der Waals surface area contributed by atoms with Crippen molar-refractivity contribution >= 4 is 11.6 Å². The zero-order chi connectivity index (χ0) is 6.53. The number of halogens is 1. The zero-order valence-corrected chi connectivity index (χ0v) is 8.45. The Kier molecular flexibility index (Phi) is 3.85. The summed E-state index contributed by atoms with van der Waals surface area (Å²) in [5, 5.41) is 0. The van der Waals surface area contributed by atoms with Crippen LogP contribution in [0, 0.1) is 0 Å². The Morgan fingerprint density at radius 2 is 2.56 bits per heavy atom. The van der Waals surface area contributed by atoms with Gasteiger partial charge in [0, 0.05) is 0 Å². The fourth-order valence-corrected chi connectivity index (χ4v) is 3.54. The van der Waals surface area contributed by atoms with E-state index in [9.17, 15) is 0 Å². The molecule has 0 heterocycles. The van der Waals surface area contributed by atoms with Crippen LogP contribution in [0.1, 0.15) is 6.42 Å². The molecule has 9 heavy (non-hydrogen) atoms. The zero-order valence-electron chi connectivity index (χ0n) is 5.23. The quantitative estimate of drug-likeness (QED) is 0.641. The number of alkyl halides is 1. The second-order valence-corrected chi connectivity index (χ2v) is 5.99. The first-order valence-corrected chi connectivity index (χ1v) is 6.59. The summed E-state index contributed by atoms with van der Waals surface area (Å²) in [6.45, 7) is 0. The Morgan fingerprint density at radius 1 is 1.67 bits per heavy atom. The van der Waals surface area contributed by atoms with Gasteiger partial charge in [0.2, 0.25) is 0 Å². The number of allylic oxidation sites excluding steroid dienone is 4. The van der Waals surface area contributed by atoms with Crippen LogP contribution in [0.3, 0.4) is 0 Å². The number of hydrogen-bond donors (Lipinski definition) is 0. The third-order valence-electron chi connectivity index (χ3n) is 1.22. The average Bonchev–Trinajstić information content (AvgIpc) is 2.34. The van der Waals surface area contributed by atoms with E-state index in [0.717, 1.165) is 5.88 Å². The summed E-state index contributed by atoms with van der Waals surface area (Å²) in [5.41, 5.74) is 0. The predicted molar refractivity (Wildman–Crippen MR) is 37.4 cm³/mol. The van der Waals surface area contributed by atoms with Gasteiger partial charge in [0.25, 0.3) is 0 Å². The molecular weight excluding hydrogens is 211 g/mol. The molecule has 0 saturated heterocycles. The standard InChI is InChI=1S/C5H5.C2H4Cl.Zr/c1-2-4-5-3-1;1-2-3;/h1-3H,4H2;1-2H2;. The summed E-state index contributed by atoms with van der Waals surface area (Å²) in [4.78, 5) is 0. The molecule has 0 atom stereocenters. The van der Waals surface area contributed by atoms with Crippen molar-refractivity contribution in [3.05, 3.63) is 21.5 Å². The first-order valence-electron chi connectivity index (χ1n) is 3.09. The third kappa shape index (κ3) is 2.82. The van der Waals surface area contributed by atoms with Crippen LogP contribution in [0.15, 0.2) is 21.5 Å². The first kappa shape index (κ1) is 7.76. The second-order valence-electron chi connectivity index (χ2n) is 1.94. The molecule has 1 aliphatic carbocycles. The van der Waals surface area contributed by atoms with Gasteiger partial charge in [0.15, 0.2) is 0 Å². The van der Waals surface area contributed by atoms with Crippen molar-refractivity contribution in [2.75, 3.05) is 5.88 Å². The fourth-order valence-electron chi connectivity index (χ4n) is 0.786. The molecule has 0 aromatic heterocycles. The van der Waals surface area contributed by atoms with Gasteiger partial charge in [0.05, 0.1) is 0 Å². The van der Waals surface area contributed by atoms with E-state index in [4.69, 9.17) is 11.6 Å². The van der Waals surface area contributed by atoms with E-state index in [2.05, 4.69) is 18.2 Å². The summed E-state index contributed by atoms with van der Waals surface area (Å²) in [7, 11) is 0. The normalized spacial score (nSPS) is 15.9. The van der Waals surface area contributed by atoms with Gasteiger partial charge in [-0.15, -0.1) is 0 Å². The van der Waals surface area contributed by atoms with E-state index in [1.165, 1.54) is 10.5 Å². The molecule has 2 heteroatoms. The monoisotopic (exact) mass is 218 g/mol. The van der Waals surface area contributed by atoms with Crippen molar-refractivity contribution in [3.63, 3.8) is 0 Å². The van der Waals surface area contributed by atoms with E-state index >= 15 is 0 Å². The summed E-state index contributed by atoms with van der Waals surface area (Å²) < 4.78 is 2.98. The van der Waals surface area contributed by atoms with Crippen molar-refractivity contribution in [2.45, 2.75) is 10.5 Å². The van der Waals surface area contributed by atoms with E-state index in [1.807, 2.05) is 0 Å². The Bertz CT molecular complexity index is 138. The van der Waals surface area contributed by atoms with E-state index in [1.54, 1.807) is 3.28 Å². The van der Waals surface area contributed by atoms with Crippen LogP contribution in [-0.2, 0) is 23.2 Å². The van der Waals surface area contributed by atoms with Crippen LogP contribution in [0.5, 0.6) is 0 Å². The van der Waals surface area contributed by atoms with Gasteiger partial charge in [-0.25, -0.2) is 0 Å².